The summed E-state index contributed by atoms with van der Waals surface area (Å²) in [7, 11) is 0. The van der Waals surface area contributed by atoms with Crippen LogP contribution in [0.15, 0.2) is 34.6 Å². The molecule has 1 fully saturated rings. The van der Waals surface area contributed by atoms with Gasteiger partial charge in [-0.1, -0.05) is 13.8 Å². The van der Waals surface area contributed by atoms with Gasteiger partial charge >= 0.3 is 5.97 Å². The molecule has 0 aromatic carbocycles. The lowest BCUT2D eigenvalue weighted by Gasteiger charge is -2.34. The van der Waals surface area contributed by atoms with E-state index < -0.39 is 23.7 Å². The number of aliphatic hydroxyl groups is 2. The molecule has 10 heteroatoms. The smallest absolute Gasteiger partial charge is 0.328 e. The Balaban J connectivity index is 1.68. The van der Waals surface area contributed by atoms with Crippen LogP contribution in [0.4, 0.5) is 5.82 Å². The molecule has 0 radical (unpaired) electrons. The minimum Gasteiger partial charge on any atom is -0.478 e. The predicted octanol–water partition coefficient (Wildman–Crippen LogP) is 2.09. The van der Waals surface area contributed by atoms with Gasteiger partial charge in [0, 0.05) is 37.2 Å². The molecular formula is C24H28N4O5S. The lowest BCUT2D eigenvalue weighted by molar-refractivity contribution is -0.131. The normalized spacial score (nSPS) is 18.9. The second kappa shape index (κ2) is 10.0. The number of pyridine rings is 1. The maximum Gasteiger partial charge on any atom is 0.328 e. The van der Waals surface area contributed by atoms with E-state index in [2.05, 4.69) is 29.2 Å². The van der Waals surface area contributed by atoms with Crippen molar-refractivity contribution >= 4 is 34.8 Å². The van der Waals surface area contributed by atoms with E-state index in [1.54, 1.807) is 22.4 Å². The highest BCUT2D eigenvalue weighted by Gasteiger charge is 2.28. The average Bonchev–Trinajstić information content (AvgIpc) is 3.28. The maximum absolute atomic E-state index is 13.2. The summed E-state index contributed by atoms with van der Waals surface area (Å²) >= 11 is 1.65. The second-order valence-electron chi connectivity index (χ2n) is 8.78. The van der Waals surface area contributed by atoms with Gasteiger partial charge in [0.25, 0.3) is 5.56 Å². The van der Waals surface area contributed by atoms with Gasteiger partial charge in [-0.15, -0.1) is 11.3 Å². The van der Waals surface area contributed by atoms with Gasteiger partial charge in [-0.2, -0.15) is 0 Å². The number of aromatic nitrogens is 3. The molecule has 0 amide bonds. The van der Waals surface area contributed by atoms with Crippen molar-refractivity contribution in [2.75, 3.05) is 18.0 Å². The average molecular weight is 485 g/mol. The summed E-state index contributed by atoms with van der Waals surface area (Å²) in [6.45, 7) is 4.71. The van der Waals surface area contributed by atoms with Crippen molar-refractivity contribution in [1.82, 2.24) is 14.4 Å². The van der Waals surface area contributed by atoms with Crippen molar-refractivity contribution in [3.63, 3.8) is 0 Å². The topological polar surface area (TPSA) is 128 Å². The van der Waals surface area contributed by atoms with Gasteiger partial charge in [-0.05, 0) is 42.5 Å². The lowest BCUT2D eigenvalue weighted by Crippen LogP contribution is -2.47. The van der Waals surface area contributed by atoms with E-state index in [4.69, 9.17) is 5.11 Å². The number of hydrogen-bond acceptors (Lipinski definition) is 8. The van der Waals surface area contributed by atoms with Gasteiger partial charge in [-0.3, -0.25) is 9.20 Å². The summed E-state index contributed by atoms with van der Waals surface area (Å²) in [5.41, 5.74) is 2.26. The number of β-amino-alcohol motifs (C(OH)–C–C–N with tert-alkyl or cyclic N) is 1. The number of carboxylic acids is 1. The van der Waals surface area contributed by atoms with Crippen LogP contribution in [0.5, 0.6) is 0 Å². The molecule has 0 bridgehead atoms. The van der Waals surface area contributed by atoms with Crippen LogP contribution in [-0.2, 0) is 17.6 Å². The first-order valence-corrected chi connectivity index (χ1v) is 12.1. The van der Waals surface area contributed by atoms with Crippen molar-refractivity contribution in [3.8, 4) is 0 Å². The fourth-order valence-electron chi connectivity index (χ4n) is 3.95. The van der Waals surface area contributed by atoms with Crippen molar-refractivity contribution in [2.24, 2.45) is 0 Å². The number of rotatable bonds is 7. The number of fused-ring (bicyclic) bond motifs is 1. The summed E-state index contributed by atoms with van der Waals surface area (Å²) in [4.78, 5) is 35.4. The van der Waals surface area contributed by atoms with Crippen LogP contribution in [0, 0.1) is 0 Å². The van der Waals surface area contributed by atoms with Crippen LogP contribution in [0.2, 0.25) is 0 Å². The van der Waals surface area contributed by atoms with Gasteiger partial charge in [-0.25, -0.2) is 14.8 Å². The molecule has 1 saturated heterocycles. The van der Waals surface area contributed by atoms with Gasteiger partial charge in [0.05, 0.1) is 28.5 Å². The molecule has 9 nitrogen and oxygen atoms in total. The van der Waals surface area contributed by atoms with E-state index in [9.17, 15) is 19.8 Å². The summed E-state index contributed by atoms with van der Waals surface area (Å²) in [5, 5.41) is 32.2. The van der Waals surface area contributed by atoms with Crippen LogP contribution >= 0.6 is 11.3 Å². The molecule has 2 unspecified atom stereocenters. The fourth-order valence-corrected chi connectivity index (χ4v) is 4.91. The quantitative estimate of drug-likeness (QED) is 0.435. The Morgan fingerprint density at radius 1 is 1.26 bits per heavy atom. The summed E-state index contributed by atoms with van der Waals surface area (Å²) in [6.07, 6.45) is 3.79. The zero-order valence-electron chi connectivity index (χ0n) is 19.1. The highest BCUT2D eigenvalue weighted by molar-refractivity contribution is 7.09. The van der Waals surface area contributed by atoms with E-state index in [0.717, 1.165) is 35.2 Å². The first kappa shape index (κ1) is 24.1. The Bertz CT molecular complexity index is 1280. The van der Waals surface area contributed by atoms with Crippen molar-refractivity contribution in [3.05, 3.63) is 62.0 Å². The third-order valence-corrected chi connectivity index (χ3v) is 6.86. The molecule has 1 aliphatic rings. The number of hydrogen-bond donors (Lipinski definition) is 3. The highest BCUT2D eigenvalue weighted by atomic mass is 32.1. The Morgan fingerprint density at radius 3 is 2.74 bits per heavy atom. The number of thiazole rings is 1. The van der Waals surface area contributed by atoms with Crippen LogP contribution in [0.25, 0.3) is 11.7 Å². The van der Waals surface area contributed by atoms with Gasteiger partial charge in [0.2, 0.25) is 0 Å². The Hall–Kier alpha value is -3.08. The van der Waals surface area contributed by atoms with E-state index >= 15 is 0 Å². The highest BCUT2D eigenvalue weighted by Crippen LogP contribution is 2.24. The molecule has 3 aromatic rings. The zero-order chi connectivity index (χ0) is 24.4. The molecule has 1 aliphatic heterocycles. The summed E-state index contributed by atoms with van der Waals surface area (Å²) in [6, 6.07) is 3.71. The number of aryl methyl sites for hydroxylation is 2. The largest absolute Gasteiger partial charge is 0.478 e. The molecule has 0 spiro atoms. The minimum atomic E-state index is -1.18. The van der Waals surface area contributed by atoms with Crippen molar-refractivity contribution in [1.29, 1.82) is 0 Å². The maximum atomic E-state index is 13.2. The molecule has 4 heterocycles. The molecule has 2 atom stereocenters. The van der Waals surface area contributed by atoms with Crippen LogP contribution < -0.4 is 10.5 Å². The van der Waals surface area contributed by atoms with E-state index in [1.165, 1.54) is 10.5 Å². The molecule has 0 aliphatic carbocycles. The van der Waals surface area contributed by atoms with E-state index in [1.807, 2.05) is 12.1 Å². The number of carboxylic acid groups (broad SMARTS) is 1. The molecular weight excluding hydrogens is 456 g/mol. The molecule has 3 N–H and O–H groups in total. The SMILES string of the molecule is CC(C)c1csc(CCc2ccn3c(=O)c(/C=C/C(=O)O)c(N4CCC(O)C(O)C4)nc3c2)n1. The Kier molecular flexibility index (Phi) is 7.11. The van der Waals surface area contributed by atoms with Crippen LogP contribution in [0.1, 0.15) is 48.0 Å². The predicted molar refractivity (Wildman–Crippen MR) is 131 cm³/mol. The Labute approximate surface area is 200 Å². The molecule has 3 aromatic heterocycles. The number of nitrogens with zero attached hydrogens (tertiary/aromatic N) is 4. The fraction of sp³-hybridized carbons (Fsp3) is 0.417. The first-order chi connectivity index (χ1) is 16.2. The number of aliphatic carboxylic acids is 1. The van der Waals surface area contributed by atoms with Gasteiger partial charge in [0.1, 0.15) is 11.5 Å². The number of piperidine rings is 1. The zero-order valence-corrected chi connectivity index (χ0v) is 19.9. The third-order valence-electron chi connectivity index (χ3n) is 5.94. The van der Waals surface area contributed by atoms with Crippen molar-refractivity contribution < 1.29 is 20.1 Å². The van der Waals surface area contributed by atoms with Crippen molar-refractivity contribution in [2.45, 2.75) is 51.2 Å². The number of aliphatic hydroxyl groups excluding tert-OH is 2. The van der Waals surface area contributed by atoms with E-state index in [0.29, 0.717) is 30.3 Å². The van der Waals surface area contributed by atoms with E-state index in [-0.39, 0.29) is 12.1 Å². The van der Waals surface area contributed by atoms with Gasteiger partial charge < -0.3 is 20.2 Å². The summed E-state index contributed by atoms with van der Waals surface area (Å²) in [5.74, 6) is -0.492. The lowest BCUT2D eigenvalue weighted by atomic mass is 10.0. The number of carbonyl (C=O) groups is 1. The minimum absolute atomic E-state index is 0.0968. The molecule has 4 rings (SSSR count). The molecule has 0 saturated carbocycles. The second-order valence-corrected chi connectivity index (χ2v) is 9.72. The monoisotopic (exact) mass is 484 g/mol. The third kappa shape index (κ3) is 5.19. The molecule has 180 valence electrons. The van der Waals surface area contributed by atoms with Crippen LogP contribution in [-0.4, -0.2) is 61.0 Å². The van der Waals surface area contributed by atoms with Gasteiger partial charge in [0.15, 0.2) is 0 Å². The first-order valence-electron chi connectivity index (χ1n) is 11.2. The molecule has 34 heavy (non-hydrogen) atoms. The summed E-state index contributed by atoms with van der Waals surface area (Å²) < 4.78 is 1.39. The van der Waals surface area contributed by atoms with Crippen LogP contribution in [0.3, 0.4) is 0 Å². The Morgan fingerprint density at radius 2 is 2.06 bits per heavy atom. The number of anilines is 1. The standard InChI is InChI=1S/C24H28N4O5S/c1-14(2)17-13-34-21(25-17)5-3-15-7-10-28-20(11-15)26-23(16(24(28)33)4-6-22(31)32)27-9-8-18(29)19(30)12-27/h4,6-7,10-11,13-14,18-19,29-30H,3,5,8-9,12H2,1-2H3,(H,31,32)/b6-4+.